The first-order valence-electron chi connectivity index (χ1n) is 4.46. The Morgan fingerprint density at radius 2 is 1.87 bits per heavy atom. The van der Waals surface area contributed by atoms with Crippen molar-refractivity contribution >= 4 is 18.0 Å². The second kappa shape index (κ2) is 6.63. The lowest BCUT2D eigenvalue weighted by Crippen LogP contribution is -2.47. The van der Waals surface area contributed by atoms with E-state index in [1.165, 1.54) is 0 Å². The van der Waals surface area contributed by atoms with Gasteiger partial charge in [0.1, 0.15) is 6.04 Å². The highest BCUT2D eigenvalue weighted by molar-refractivity contribution is 5.86. The SMILES string of the molecule is CCCNC(=O)NC(CC(=O)O)C(=O)O. The minimum atomic E-state index is -1.40. The molecule has 86 valence electrons. The lowest BCUT2D eigenvalue weighted by molar-refractivity contribution is -0.145. The van der Waals surface area contributed by atoms with Gasteiger partial charge >= 0.3 is 18.0 Å². The van der Waals surface area contributed by atoms with Crippen LogP contribution in [0.5, 0.6) is 0 Å². The molecule has 7 heteroatoms. The largest absolute Gasteiger partial charge is 0.481 e. The molecular weight excluding hydrogens is 204 g/mol. The molecule has 0 rings (SSSR count). The van der Waals surface area contributed by atoms with Crippen LogP contribution in [-0.2, 0) is 9.59 Å². The molecule has 4 N–H and O–H groups in total. The first-order valence-corrected chi connectivity index (χ1v) is 4.46. The zero-order chi connectivity index (χ0) is 11.8. The molecule has 1 unspecified atom stereocenters. The van der Waals surface area contributed by atoms with Crippen LogP contribution in [0.4, 0.5) is 4.79 Å². The molecule has 0 fully saturated rings. The van der Waals surface area contributed by atoms with E-state index in [0.29, 0.717) is 13.0 Å². The Kier molecular flexibility index (Phi) is 5.84. The number of carbonyl (C=O) groups is 3. The van der Waals surface area contributed by atoms with Gasteiger partial charge in [-0.05, 0) is 6.42 Å². The maximum absolute atomic E-state index is 11.0. The second-order valence-electron chi connectivity index (χ2n) is 2.89. The van der Waals surface area contributed by atoms with E-state index in [0.717, 1.165) is 0 Å². The van der Waals surface area contributed by atoms with Crippen LogP contribution >= 0.6 is 0 Å². The predicted octanol–water partition coefficient (Wildman–Crippen LogP) is -0.376. The molecule has 0 aromatic carbocycles. The third-order valence-electron chi connectivity index (χ3n) is 1.52. The third-order valence-corrected chi connectivity index (χ3v) is 1.52. The quantitative estimate of drug-likeness (QED) is 0.485. The van der Waals surface area contributed by atoms with E-state index in [-0.39, 0.29) is 0 Å². The summed E-state index contributed by atoms with van der Waals surface area (Å²) in [6.07, 6.45) is 0.0684. The number of amides is 2. The summed E-state index contributed by atoms with van der Waals surface area (Å²) in [5.74, 6) is -2.65. The number of carbonyl (C=O) groups excluding carboxylic acids is 1. The summed E-state index contributed by atoms with van der Waals surface area (Å²) in [4.78, 5) is 31.8. The smallest absolute Gasteiger partial charge is 0.326 e. The standard InChI is InChI=1S/C8H14N2O5/c1-2-3-9-8(15)10-5(7(13)14)4-6(11)12/h5H,2-4H2,1H3,(H,11,12)(H,13,14)(H2,9,10,15). The van der Waals surface area contributed by atoms with Gasteiger partial charge < -0.3 is 20.8 Å². The monoisotopic (exact) mass is 218 g/mol. The fourth-order valence-electron chi connectivity index (χ4n) is 0.823. The highest BCUT2D eigenvalue weighted by Crippen LogP contribution is 1.92. The molecule has 0 aromatic rings. The minimum absolute atomic E-state index is 0.408. The molecule has 0 spiro atoms. The van der Waals surface area contributed by atoms with Gasteiger partial charge in [-0.3, -0.25) is 4.79 Å². The van der Waals surface area contributed by atoms with Crippen molar-refractivity contribution in [3.63, 3.8) is 0 Å². The molecule has 0 saturated carbocycles. The Balaban J connectivity index is 4.10. The number of hydrogen-bond acceptors (Lipinski definition) is 3. The number of aliphatic carboxylic acids is 2. The Hall–Kier alpha value is -1.79. The topological polar surface area (TPSA) is 116 Å². The number of hydrogen-bond donors (Lipinski definition) is 4. The molecule has 0 aliphatic rings. The number of rotatable bonds is 6. The fraction of sp³-hybridized carbons (Fsp3) is 0.625. The molecule has 0 bridgehead atoms. The highest BCUT2D eigenvalue weighted by Gasteiger charge is 2.22. The third kappa shape index (κ3) is 6.30. The number of nitrogens with one attached hydrogen (secondary N) is 2. The van der Waals surface area contributed by atoms with E-state index >= 15 is 0 Å². The molecule has 0 radical (unpaired) electrons. The van der Waals surface area contributed by atoms with Gasteiger partial charge in [-0.2, -0.15) is 0 Å². The fourth-order valence-corrected chi connectivity index (χ4v) is 0.823. The van der Waals surface area contributed by atoms with E-state index in [1.807, 2.05) is 6.92 Å². The van der Waals surface area contributed by atoms with Crippen molar-refractivity contribution < 1.29 is 24.6 Å². The first kappa shape index (κ1) is 13.2. The van der Waals surface area contributed by atoms with Gasteiger partial charge in [0.25, 0.3) is 0 Å². The molecule has 0 aromatic heterocycles. The molecule has 0 aliphatic carbocycles. The molecule has 7 nitrogen and oxygen atoms in total. The van der Waals surface area contributed by atoms with Gasteiger partial charge in [0.2, 0.25) is 0 Å². The van der Waals surface area contributed by atoms with Crippen LogP contribution in [0, 0.1) is 0 Å². The molecule has 0 heterocycles. The van der Waals surface area contributed by atoms with E-state index in [2.05, 4.69) is 10.6 Å². The lowest BCUT2D eigenvalue weighted by Gasteiger charge is -2.12. The first-order chi connectivity index (χ1) is 6.97. The number of carboxylic acids is 2. The van der Waals surface area contributed by atoms with E-state index in [9.17, 15) is 14.4 Å². The van der Waals surface area contributed by atoms with Crippen molar-refractivity contribution in [3.8, 4) is 0 Å². The summed E-state index contributed by atoms with van der Waals surface area (Å²) in [6, 6.07) is -2.08. The average molecular weight is 218 g/mol. The van der Waals surface area contributed by atoms with E-state index in [1.54, 1.807) is 0 Å². The zero-order valence-electron chi connectivity index (χ0n) is 8.32. The Bertz CT molecular complexity index is 253. The van der Waals surface area contributed by atoms with Crippen LogP contribution in [0.1, 0.15) is 19.8 Å². The molecular formula is C8H14N2O5. The van der Waals surface area contributed by atoms with Gasteiger partial charge in [-0.25, -0.2) is 9.59 Å². The van der Waals surface area contributed by atoms with Crippen LogP contribution < -0.4 is 10.6 Å². The van der Waals surface area contributed by atoms with Crippen LogP contribution in [0.15, 0.2) is 0 Å². The Morgan fingerprint density at radius 3 is 2.27 bits per heavy atom. The van der Waals surface area contributed by atoms with Crippen molar-refractivity contribution in [1.29, 1.82) is 0 Å². The maximum Gasteiger partial charge on any atom is 0.326 e. The summed E-state index contributed by atoms with van der Waals surface area (Å²) in [5.41, 5.74) is 0. The van der Waals surface area contributed by atoms with E-state index in [4.69, 9.17) is 10.2 Å². The summed E-state index contributed by atoms with van der Waals surface area (Å²) >= 11 is 0. The predicted molar refractivity (Wildman–Crippen MR) is 50.5 cm³/mol. The summed E-state index contributed by atoms with van der Waals surface area (Å²) in [7, 11) is 0. The van der Waals surface area contributed by atoms with Crippen molar-refractivity contribution in [3.05, 3.63) is 0 Å². The normalized spacial score (nSPS) is 11.5. The molecule has 2 amide bonds. The van der Waals surface area contributed by atoms with Crippen LogP contribution in [-0.4, -0.2) is 40.8 Å². The van der Waals surface area contributed by atoms with Gasteiger partial charge in [0.15, 0.2) is 0 Å². The van der Waals surface area contributed by atoms with Crippen molar-refractivity contribution in [1.82, 2.24) is 10.6 Å². The lowest BCUT2D eigenvalue weighted by atomic mass is 10.2. The van der Waals surface area contributed by atoms with Crippen molar-refractivity contribution in [2.45, 2.75) is 25.8 Å². The van der Waals surface area contributed by atoms with Gasteiger partial charge in [-0.1, -0.05) is 6.92 Å². The zero-order valence-corrected chi connectivity index (χ0v) is 8.32. The van der Waals surface area contributed by atoms with E-state index < -0.39 is 30.4 Å². The number of urea groups is 1. The minimum Gasteiger partial charge on any atom is -0.481 e. The number of carboxylic acid groups (broad SMARTS) is 2. The molecule has 0 aliphatic heterocycles. The van der Waals surface area contributed by atoms with Gasteiger partial charge in [-0.15, -0.1) is 0 Å². The van der Waals surface area contributed by atoms with Crippen LogP contribution in [0.3, 0.4) is 0 Å². The summed E-state index contributed by atoms with van der Waals surface area (Å²) in [6.45, 7) is 2.25. The summed E-state index contributed by atoms with van der Waals surface area (Å²) < 4.78 is 0. The second-order valence-corrected chi connectivity index (χ2v) is 2.89. The average Bonchev–Trinajstić information content (AvgIpc) is 2.12. The highest BCUT2D eigenvalue weighted by atomic mass is 16.4. The van der Waals surface area contributed by atoms with Crippen molar-refractivity contribution in [2.24, 2.45) is 0 Å². The van der Waals surface area contributed by atoms with Crippen LogP contribution in [0.2, 0.25) is 0 Å². The Morgan fingerprint density at radius 1 is 1.27 bits per heavy atom. The summed E-state index contributed by atoms with van der Waals surface area (Å²) in [5, 5.41) is 21.4. The van der Waals surface area contributed by atoms with Crippen molar-refractivity contribution in [2.75, 3.05) is 6.54 Å². The Labute approximate surface area is 86.5 Å². The maximum atomic E-state index is 11.0. The van der Waals surface area contributed by atoms with Gasteiger partial charge in [0.05, 0.1) is 6.42 Å². The molecule has 0 saturated heterocycles. The van der Waals surface area contributed by atoms with Crippen LogP contribution in [0.25, 0.3) is 0 Å². The van der Waals surface area contributed by atoms with Gasteiger partial charge in [0, 0.05) is 6.54 Å². The molecule has 1 atom stereocenters. The molecule has 15 heavy (non-hydrogen) atoms.